The van der Waals surface area contributed by atoms with E-state index in [-0.39, 0.29) is 0 Å². The van der Waals surface area contributed by atoms with E-state index in [9.17, 15) is 8.42 Å². The molecular weight excluding hydrogens is 286 g/mol. The molecule has 0 unspecified atom stereocenters. The van der Waals surface area contributed by atoms with Crippen LogP contribution >= 0.6 is 0 Å². The second kappa shape index (κ2) is 5.50. The summed E-state index contributed by atoms with van der Waals surface area (Å²) in [6.45, 7) is 2.94. The minimum atomic E-state index is -3.50. The van der Waals surface area contributed by atoms with E-state index in [1.165, 1.54) is 4.31 Å². The molecule has 0 fully saturated rings. The predicted molar refractivity (Wildman–Crippen MR) is 80.7 cm³/mol. The topological polar surface area (TPSA) is 46.6 Å². The number of benzene rings is 2. The maximum Gasteiger partial charge on any atom is 0.243 e. The predicted octanol–water partition coefficient (Wildman–Crippen LogP) is 2.58. The summed E-state index contributed by atoms with van der Waals surface area (Å²) in [6, 6.07) is 14.6. The van der Waals surface area contributed by atoms with Crippen LogP contribution in [0.4, 0.5) is 0 Å². The fraction of sp³-hybridized carbons (Fsp3) is 0.250. The molecule has 0 saturated carbocycles. The van der Waals surface area contributed by atoms with Crippen molar-refractivity contribution < 1.29 is 13.2 Å². The van der Waals surface area contributed by atoms with Crippen LogP contribution in [-0.2, 0) is 16.6 Å². The second-order valence-corrected chi connectivity index (χ2v) is 7.05. The smallest absolute Gasteiger partial charge is 0.243 e. The van der Waals surface area contributed by atoms with E-state index in [4.69, 9.17) is 4.74 Å². The summed E-state index contributed by atoms with van der Waals surface area (Å²) in [7, 11) is -3.50. The molecule has 0 aliphatic carbocycles. The largest absolute Gasteiger partial charge is 0.492 e. The van der Waals surface area contributed by atoms with E-state index in [2.05, 4.69) is 0 Å². The van der Waals surface area contributed by atoms with Gasteiger partial charge in [0.05, 0.1) is 4.90 Å². The molecule has 1 aliphatic heterocycles. The van der Waals surface area contributed by atoms with Crippen LogP contribution in [0.3, 0.4) is 0 Å². The zero-order valence-corrected chi connectivity index (χ0v) is 12.6. The number of nitrogens with zero attached hydrogens (tertiary/aromatic N) is 1. The van der Waals surface area contributed by atoms with Gasteiger partial charge in [0.1, 0.15) is 12.4 Å². The molecule has 2 aromatic rings. The van der Waals surface area contributed by atoms with Crippen LogP contribution in [0.15, 0.2) is 53.4 Å². The fourth-order valence-corrected chi connectivity index (χ4v) is 3.94. The Kier molecular flexibility index (Phi) is 3.69. The highest BCUT2D eigenvalue weighted by atomic mass is 32.2. The lowest BCUT2D eigenvalue weighted by Crippen LogP contribution is -2.32. The lowest BCUT2D eigenvalue weighted by atomic mass is 10.2. The first kappa shape index (κ1) is 14.1. The first-order valence-electron chi connectivity index (χ1n) is 6.85. The molecule has 0 bridgehead atoms. The average molecular weight is 303 g/mol. The molecule has 4 nitrogen and oxygen atoms in total. The minimum Gasteiger partial charge on any atom is -0.492 e. The van der Waals surface area contributed by atoms with Crippen molar-refractivity contribution in [2.75, 3.05) is 13.2 Å². The van der Waals surface area contributed by atoms with Gasteiger partial charge in [0.15, 0.2) is 0 Å². The summed E-state index contributed by atoms with van der Waals surface area (Å²) in [6.07, 6.45) is 0. The molecule has 0 N–H and O–H groups in total. The van der Waals surface area contributed by atoms with Gasteiger partial charge in [-0.2, -0.15) is 4.31 Å². The lowest BCUT2D eigenvalue weighted by Gasteiger charge is -2.19. The van der Waals surface area contributed by atoms with Crippen LogP contribution in [0.1, 0.15) is 11.1 Å². The minimum absolute atomic E-state index is 0.335. The van der Waals surface area contributed by atoms with Crippen molar-refractivity contribution in [3.63, 3.8) is 0 Å². The van der Waals surface area contributed by atoms with Gasteiger partial charge in [-0.05, 0) is 30.7 Å². The number of aryl methyl sites for hydroxylation is 1. The van der Waals surface area contributed by atoms with Crippen LogP contribution in [-0.4, -0.2) is 25.9 Å². The van der Waals surface area contributed by atoms with Crippen molar-refractivity contribution >= 4 is 10.0 Å². The Morgan fingerprint density at radius 2 is 1.90 bits per heavy atom. The summed E-state index contributed by atoms with van der Waals surface area (Å²) < 4.78 is 32.7. The van der Waals surface area contributed by atoms with E-state index in [1.54, 1.807) is 18.2 Å². The molecule has 3 rings (SSSR count). The zero-order chi connectivity index (χ0) is 14.9. The van der Waals surface area contributed by atoms with Crippen LogP contribution in [0.25, 0.3) is 0 Å². The van der Waals surface area contributed by atoms with Crippen molar-refractivity contribution in [2.24, 2.45) is 0 Å². The molecule has 1 heterocycles. The number of hydrogen-bond acceptors (Lipinski definition) is 3. The quantitative estimate of drug-likeness (QED) is 0.856. The van der Waals surface area contributed by atoms with Crippen LogP contribution in [0.5, 0.6) is 5.75 Å². The van der Waals surface area contributed by atoms with E-state index >= 15 is 0 Å². The van der Waals surface area contributed by atoms with Gasteiger partial charge in [0.25, 0.3) is 0 Å². The standard InChI is InChI=1S/C16H17NO3S/c1-13-5-4-7-15(11-13)21(18,19)17-9-10-20-16-8-3-2-6-14(16)12-17/h2-8,11H,9-10,12H2,1H3. The molecule has 2 aromatic carbocycles. The van der Waals surface area contributed by atoms with E-state index in [0.29, 0.717) is 24.6 Å². The number of hydrogen-bond donors (Lipinski definition) is 0. The Hall–Kier alpha value is -1.85. The van der Waals surface area contributed by atoms with E-state index in [1.807, 2.05) is 37.3 Å². The van der Waals surface area contributed by atoms with Crippen LogP contribution in [0, 0.1) is 6.92 Å². The Morgan fingerprint density at radius 3 is 2.71 bits per heavy atom. The van der Waals surface area contributed by atoms with Gasteiger partial charge in [0.2, 0.25) is 10.0 Å². The number of rotatable bonds is 2. The van der Waals surface area contributed by atoms with Gasteiger partial charge in [-0.25, -0.2) is 8.42 Å². The van der Waals surface area contributed by atoms with Crippen LogP contribution in [0.2, 0.25) is 0 Å². The molecule has 21 heavy (non-hydrogen) atoms. The molecular formula is C16H17NO3S. The number of para-hydroxylation sites is 1. The van der Waals surface area contributed by atoms with Crippen molar-refractivity contribution in [1.82, 2.24) is 4.31 Å². The van der Waals surface area contributed by atoms with E-state index in [0.717, 1.165) is 16.9 Å². The maximum absolute atomic E-state index is 12.8. The SMILES string of the molecule is Cc1cccc(S(=O)(=O)N2CCOc3ccccc3C2)c1. The number of ether oxygens (including phenoxy) is 1. The third-order valence-corrected chi connectivity index (χ3v) is 5.39. The first-order chi connectivity index (χ1) is 10.1. The lowest BCUT2D eigenvalue weighted by molar-refractivity contribution is 0.293. The Labute approximate surface area is 125 Å². The molecule has 0 amide bonds. The zero-order valence-electron chi connectivity index (χ0n) is 11.8. The average Bonchev–Trinajstić information content (AvgIpc) is 2.70. The Bertz CT molecular complexity index is 756. The van der Waals surface area contributed by atoms with Gasteiger partial charge < -0.3 is 4.74 Å². The van der Waals surface area contributed by atoms with Crippen molar-refractivity contribution in [1.29, 1.82) is 0 Å². The van der Waals surface area contributed by atoms with Gasteiger partial charge in [-0.15, -0.1) is 0 Å². The van der Waals surface area contributed by atoms with Crippen LogP contribution < -0.4 is 4.74 Å². The number of sulfonamides is 1. The van der Waals surface area contributed by atoms with Gasteiger partial charge >= 0.3 is 0 Å². The maximum atomic E-state index is 12.8. The Balaban J connectivity index is 1.96. The van der Waals surface area contributed by atoms with E-state index < -0.39 is 10.0 Å². The van der Waals surface area contributed by atoms with Crippen molar-refractivity contribution in [3.8, 4) is 5.75 Å². The van der Waals surface area contributed by atoms with Crippen molar-refractivity contribution in [3.05, 3.63) is 59.7 Å². The highest BCUT2D eigenvalue weighted by molar-refractivity contribution is 7.89. The summed E-state index contributed by atoms with van der Waals surface area (Å²) in [5, 5.41) is 0. The third-order valence-electron chi connectivity index (χ3n) is 3.54. The highest BCUT2D eigenvalue weighted by Crippen LogP contribution is 2.26. The molecule has 1 aliphatic rings. The molecule has 5 heteroatoms. The summed E-state index contributed by atoms with van der Waals surface area (Å²) in [5.74, 6) is 0.763. The molecule has 110 valence electrons. The molecule has 0 radical (unpaired) electrons. The monoisotopic (exact) mass is 303 g/mol. The van der Waals surface area contributed by atoms with Gasteiger partial charge in [-0.1, -0.05) is 30.3 Å². The third kappa shape index (κ3) is 2.80. The molecule has 0 spiro atoms. The normalized spacial score (nSPS) is 15.9. The second-order valence-electron chi connectivity index (χ2n) is 5.11. The Morgan fingerprint density at radius 1 is 1.10 bits per heavy atom. The fourth-order valence-electron chi connectivity index (χ4n) is 2.43. The summed E-state index contributed by atoms with van der Waals surface area (Å²) in [4.78, 5) is 0.335. The molecule has 0 saturated heterocycles. The molecule has 0 aromatic heterocycles. The summed E-state index contributed by atoms with van der Waals surface area (Å²) in [5.41, 5.74) is 1.83. The van der Waals surface area contributed by atoms with Crippen molar-refractivity contribution in [2.45, 2.75) is 18.4 Å². The highest BCUT2D eigenvalue weighted by Gasteiger charge is 2.27. The number of fused-ring (bicyclic) bond motifs is 1. The van der Waals surface area contributed by atoms with Gasteiger partial charge in [-0.3, -0.25) is 0 Å². The first-order valence-corrected chi connectivity index (χ1v) is 8.29. The molecule has 0 atom stereocenters. The van der Waals surface area contributed by atoms with Gasteiger partial charge in [0, 0.05) is 18.7 Å². The summed E-state index contributed by atoms with van der Waals surface area (Å²) >= 11 is 0.